The van der Waals surface area contributed by atoms with Crippen molar-refractivity contribution >= 4 is 29.1 Å². The zero-order valence-corrected chi connectivity index (χ0v) is 8.72. The van der Waals surface area contributed by atoms with E-state index in [1.54, 1.807) is 0 Å². The van der Waals surface area contributed by atoms with Crippen molar-refractivity contribution in [2.24, 2.45) is 0 Å². The average Bonchev–Trinajstić information content (AvgIpc) is 2.07. The van der Waals surface area contributed by atoms with Gasteiger partial charge < -0.3 is 5.73 Å². The summed E-state index contributed by atoms with van der Waals surface area (Å²) in [7, 11) is 0. The van der Waals surface area contributed by atoms with Gasteiger partial charge in [-0.05, 0) is 18.4 Å². The average molecular weight is 242 g/mol. The molecule has 0 aliphatic heterocycles. The highest BCUT2D eigenvalue weighted by atomic mass is 35.5. The first kappa shape index (κ1) is 11.5. The highest BCUT2D eigenvalue weighted by Gasteiger charge is 2.34. The predicted octanol–water partition coefficient (Wildman–Crippen LogP) is 3.66. The van der Waals surface area contributed by atoms with Crippen molar-refractivity contribution in [3.8, 4) is 0 Å². The molecular weight excluding hydrogens is 235 g/mol. The summed E-state index contributed by atoms with van der Waals surface area (Å²) >= 11 is 6.54. The number of nitrogens with two attached hydrogens (primary N) is 1. The Hall–Kier alpha value is -0.550. The lowest BCUT2D eigenvalue weighted by atomic mass is 10.2. The van der Waals surface area contributed by atoms with Crippen molar-refractivity contribution in [3.63, 3.8) is 0 Å². The molecule has 14 heavy (non-hydrogen) atoms. The number of benzene rings is 1. The highest BCUT2D eigenvalue weighted by molar-refractivity contribution is 7.98. The summed E-state index contributed by atoms with van der Waals surface area (Å²) in [6, 6.07) is 2.09. The van der Waals surface area contributed by atoms with Gasteiger partial charge in [0.2, 0.25) is 0 Å². The van der Waals surface area contributed by atoms with Crippen LogP contribution in [0.15, 0.2) is 17.0 Å². The maximum absolute atomic E-state index is 12.4. The van der Waals surface area contributed by atoms with Gasteiger partial charge in [-0.3, -0.25) is 0 Å². The number of alkyl halides is 3. The van der Waals surface area contributed by atoms with Crippen LogP contribution in [0.1, 0.15) is 5.56 Å². The first-order valence-electron chi connectivity index (χ1n) is 3.57. The minimum atomic E-state index is -4.39. The number of thioether (sulfide) groups is 1. The Balaban J connectivity index is 3.39. The van der Waals surface area contributed by atoms with E-state index in [9.17, 15) is 13.2 Å². The lowest BCUT2D eigenvalue weighted by molar-refractivity contribution is -0.139. The van der Waals surface area contributed by atoms with Crippen molar-refractivity contribution in [3.05, 3.63) is 22.7 Å². The molecule has 0 unspecified atom stereocenters. The van der Waals surface area contributed by atoms with Gasteiger partial charge in [0.05, 0.1) is 16.3 Å². The molecule has 1 rings (SSSR count). The Bertz CT molecular complexity index is 351. The van der Waals surface area contributed by atoms with Crippen LogP contribution < -0.4 is 5.73 Å². The van der Waals surface area contributed by atoms with Crippen molar-refractivity contribution in [2.75, 3.05) is 12.0 Å². The fourth-order valence-corrected chi connectivity index (χ4v) is 1.97. The zero-order chi connectivity index (χ0) is 10.9. The summed E-state index contributed by atoms with van der Waals surface area (Å²) in [6.45, 7) is 0. The lowest BCUT2D eigenvalue weighted by Crippen LogP contribution is -2.08. The molecule has 1 aromatic carbocycles. The van der Waals surface area contributed by atoms with E-state index in [-0.39, 0.29) is 15.6 Å². The van der Waals surface area contributed by atoms with Gasteiger partial charge in [-0.15, -0.1) is 11.8 Å². The van der Waals surface area contributed by atoms with Crippen LogP contribution in [0.4, 0.5) is 18.9 Å². The molecule has 0 radical (unpaired) electrons. The van der Waals surface area contributed by atoms with Crippen molar-refractivity contribution in [1.29, 1.82) is 0 Å². The molecule has 6 heteroatoms. The zero-order valence-electron chi connectivity index (χ0n) is 7.15. The number of rotatable bonds is 1. The molecule has 0 amide bonds. The topological polar surface area (TPSA) is 26.0 Å². The van der Waals surface area contributed by atoms with E-state index >= 15 is 0 Å². The molecule has 0 aliphatic carbocycles. The lowest BCUT2D eigenvalue weighted by Gasteiger charge is -2.13. The second-order valence-electron chi connectivity index (χ2n) is 2.54. The molecule has 0 bridgehead atoms. The first-order chi connectivity index (χ1) is 6.38. The van der Waals surface area contributed by atoms with E-state index < -0.39 is 11.7 Å². The van der Waals surface area contributed by atoms with Crippen LogP contribution in [0.3, 0.4) is 0 Å². The molecule has 0 fully saturated rings. The highest BCUT2D eigenvalue weighted by Crippen LogP contribution is 2.41. The van der Waals surface area contributed by atoms with Gasteiger partial charge >= 0.3 is 6.18 Å². The minimum Gasteiger partial charge on any atom is -0.397 e. The summed E-state index contributed by atoms with van der Waals surface area (Å²) in [4.78, 5) is -0.0231. The molecule has 1 nitrogen and oxygen atoms in total. The number of hydrogen-bond acceptors (Lipinski definition) is 2. The Morgan fingerprint density at radius 3 is 2.36 bits per heavy atom. The monoisotopic (exact) mass is 241 g/mol. The fourth-order valence-electron chi connectivity index (χ4n) is 1.02. The largest absolute Gasteiger partial charge is 0.417 e. The van der Waals surface area contributed by atoms with E-state index in [4.69, 9.17) is 17.3 Å². The summed E-state index contributed by atoms with van der Waals surface area (Å²) < 4.78 is 37.3. The van der Waals surface area contributed by atoms with Crippen LogP contribution in [0.5, 0.6) is 0 Å². The molecule has 0 aliphatic rings. The van der Waals surface area contributed by atoms with Crippen molar-refractivity contribution in [1.82, 2.24) is 0 Å². The van der Waals surface area contributed by atoms with Gasteiger partial charge in [0.1, 0.15) is 0 Å². The molecule has 0 saturated carbocycles. The van der Waals surface area contributed by atoms with Gasteiger partial charge in [-0.2, -0.15) is 13.2 Å². The van der Waals surface area contributed by atoms with E-state index in [0.29, 0.717) is 0 Å². The Kier molecular flexibility index (Phi) is 3.21. The van der Waals surface area contributed by atoms with Crippen molar-refractivity contribution in [2.45, 2.75) is 11.1 Å². The van der Waals surface area contributed by atoms with Gasteiger partial charge in [0, 0.05) is 4.90 Å². The van der Waals surface area contributed by atoms with E-state index in [1.807, 2.05) is 0 Å². The third-order valence-corrected chi connectivity index (χ3v) is 2.83. The van der Waals surface area contributed by atoms with Crippen molar-refractivity contribution < 1.29 is 13.2 Å². The molecule has 0 heterocycles. The molecule has 0 spiro atoms. The number of anilines is 1. The normalized spacial score (nSPS) is 11.8. The smallest absolute Gasteiger partial charge is 0.397 e. The van der Waals surface area contributed by atoms with Crippen LogP contribution in [0.25, 0.3) is 0 Å². The quantitative estimate of drug-likeness (QED) is 0.600. The fraction of sp³-hybridized carbons (Fsp3) is 0.250. The van der Waals surface area contributed by atoms with Crippen LogP contribution >= 0.6 is 23.4 Å². The van der Waals surface area contributed by atoms with Crippen LogP contribution in [-0.2, 0) is 6.18 Å². The molecule has 1 aromatic rings. The second-order valence-corrected chi connectivity index (χ2v) is 3.76. The maximum Gasteiger partial charge on any atom is 0.417 e. The summed E-state index contributed by atoms with van der Waals surface area (Å²) in [5.74, 6) is 0. The van der Waals surface area contributed by atoms with Crippen LogP contribution in [-0.4, -0.2) is 6.26 Å². The van der Waals surface area contributed by atoms with Gasteiger partial charge in [0.15, 0.2) is 0 Å². The second kappa shape index (κ2) is 3.90. The standard InChI is InChI=1S/C8H7ClF3NS/c1-14-7-4(8(10,11)12)2-3-5(9)6(7)13/h2-3H,13H2,1H3. The minimum absolute atomic E-state index is 0.0195. The molecule has 0 atom stereocenters. The Morgan fingerprint density at radius 1 is 1.36 bits per heavy atom. The molecule has 2 N–H and O–H groups in total. The number of nitrogen functional groups attached to an aromatic ring is 1. The third-order valence-electron chi connectivity index (χ3n) is 1.65. The summed E-state index contributed by atoms with van der Waals surface area (Å²) in [5.41, 5.74) is 4.67. The molecule has 0 aromatic heterocycles. The van der Waals surface area contributed by atoms with Gasteiger partial charge in [-0.1, -0.05) is 11.6 Å². The van der Waals surface area contributed by atoms with E-state index in [0.717, 1.165) is 23.9 Å². The Labute approximate surface area is 88.4 Å². The summed E-state index contributed by atoms with van der Waals surface area (Å²) in [6.07, 6.45) is -2.87. The van der Waals surface area contributed by atoms with Crippen LogP contribution in [0.2, 0.25) is 5.02 Å². The van der Waals surface area contributed by atoms with Crippen LogP contribution in [0, 0.1) is 0 Å². The third kappa shape index (κ3) is 2.09. The van der Waals surface area contributed by atoms with E-state index in [2.05, 4.69) is 0 Å². The van der Waals surface area contributed by atoms with Gasteiger partial charge in [0.25, 0.3) is 0 Å². The number of halogens is 4. The SMILES string of the molecule is CSc1c(C(F)(F)F)ccc(Cl)c1N. The summed E-state index contributed by atoms with van der Waals surface area (Å²) in [5, 5.41) is 0.141. The first-order valence-corrected chi connectivity index (χ1v) is 5.17. The predicted molar refractivity (Wildman–Crippen MR) is 52.6 cm³/mol. The molecule has 0 saturated heterocycles. The number of hydrogen-bond donors (Lipinski definition) is 1. The molecule has 78 valence electrons. The van der Waals surface area contributed by atoms with E-state index in [1.165, 1.54) is 6.26 Å². The van der Waals surface area contributed by atoms with Gasteiger partial charge in [-0.25, -0.2) is 0 Å². The maximum atomic E-state index is 12.4. The Morgan fingerprint density at radius 2 is 1.93 bits per heavy atom. The molecular formula is C8H7ClF3NS.